The number of aliphatic imine (C=N–C) groups is 1. The lowest BCUT2D eigenvalue weighted by molar-refractivity contribution is -0.127. The van der Waals surface area contributed by atoms with Crippen LogP contribution in [0.1, 0.15) is 24.8 Å². The molecule has 1 atom stereocenters. The summed E-state index contributed by atoms with van der Waals surface area (Å²) in [5.74, 6) is -3.76. The number of carbonyl (C=O) groups is 1. The summed E-state index contributed by atoms with van der Waals surface area (Å²) in [7, 11) is 4.94. The van der Waals surface area contributed by atoms with Crippen molar-refractivity contribution in [2.75, 3.05) is 40.8 Å². The van der Waals surface area contributed by atoms with Gasteiger partial charge < -0.3 is 19.9 Å². The average molecular weight is 400 g/mol. The second-order valence-corrected chi connectivity index (χ2v) is 7.03. The summed E-state index contributed by atoms with van der Waals surface area (Å²) in [6.45, 7) is 1.23. The van der Waals surface area contributed by atoms with Crippen LogP contribution in [0.3, 0.4) is 0 Å². The Labute approximate surface area is 163 Å². The van der Waals surface area contributed by atoms with Gasteiger partial charge in [-0.15, -0.1) is 0 Å². The number of nitrogens with zero attached hydrogens (tertiary/aromatic N) is 3. The molecule has 0 spiro atoms. The molecule has 1 saturated heterocycles. The van der Waals surface area contributed by atoms with Gasteiger partial charge in [-0.3, -0.25) is 4.79 Å². The first-order chi connectivity index (χ1) is 13.3. The zero-order valence-corrected chi connectivity index (χ0v) is 16.5. The number of guanidine groups is 1. The Balaban J connectivity index is 2.09. The average Bonchev–Trinajstić information content (AvgIpc) is 2.66. The van der Waals surface area contributed by atoms with E-state index in [0.717, 1.165) is 31.4 Å². The van der Waals surface area contributed by atoms with Crippen molar-refractivity contribution in [3.8, 4) is 0 Å². The Bertz CT molecular complexity index is 683. The van der Waals surface area contributed by atoms with Crippen LogP contribution in [-0.2, 0) is 16.1 Å². The van der Waals surface area contributed by atoms with Gasteiger partial charge in [0.15, 0.2) is 23.4 Å². The zero-order valence-electron chi connectivity index (χ0n) is 16.5. The van der Waals surface area contributed by atoms with Gasteiger partial charge in [-0.05, 0) is 37.0 Å². The van der Waals surface area contributed by atoms with Crippen LogP contribution in [0.5, 0.6) is 0 Å². The third-order valence-electron chi connectivity index (χ3n) is 4.45. The molecule has 0 aromatic heterocycles. The van der Waals surface area contributed by atoms with Crippen molar-refractivity contribution in [2.45, 2.75) is 31.9 Å². The molecule has 1 fully saturated rings. The monoisotopic (exact) mass is 400 g/mol. The Kier molecular flexibility index (Phi) is 8.10. The number of halogens is 3. The number of amides is 1. The number of nitrogens with one attached hydrogen (secondary N) is 1. The maximum absolute atomic E-state index is 13.5. The number of carbonyl (C=O) groups excluding carboxylic acids is 1. The van der Waals surface area contributed by atoms with Crippen molar-refractivity contribution >= 4 is 11.9 Å². The molecule has 28 heavy (non-hydrogen) atoms. The van der Waals surface area contributed by atoms with Crippen molar-refractivity contribution in [2.24, 2.45) is 4.99 Å². The molecule has 0 aliphatic carbocycles. The fourth-order valence-corrected chi connectivity index (χ4v) is 2.82. The first kappa shape index (κ1) is 22.0. The summed E-state index contributed by atoms with van der Waals surface area (Å²) in [6, 6.07) is 1.89. The maximum atomic E-state index is 13.5. The van der Waals surface area contributed by atoms with E-state index in [1.807, 2.05) is 0 Å². The first-order valence-electron chi connectivity index (χ1n) is 9.22. The van der Waals surface area contributed by atoms with Crippen LogP contribution in [0.25, 0.3) is 0 Å². The minimum Gasteiger partial charge on any atom is -0.376 e. The van der Waals surface area contributed by atoms with Gasteiger partial charge in [0.1, 0.15) is 6.54 Å². The molecule has 1 unspecified atom stereocenters. The third-order valence-corrected chi connectivity index (χ3v) is 4.45. The molecular formula is C19H27F3N4O2. The molecule has 2 rings (SSSR count). The second kappa shape index (κ2) is 10.3. The number of hydrogen-bond donors (Lipinski definition) is 1. The molecule has 1 amide bonds. The number of benzene rings is 1. The van der Waals surface area contributed by atoms with E-state index in [0.29, 0.717) is 19.1 Å². The van der Waals surface area contributed by atoms with Crippen LogP contribution in [-0.4, -0.2) is 68.6 Å². The van der Waals surface area contributed by atoms with E-state index < -0.39 is 17.5 Å². The van der Waals surface area contributed by atoms with E-state index in [9.17, 15) is 18.0 Å². The van der Waals surface area contributed by atoms with Gasteiger partial charge >= 0.3 is 0 Å². The predicted octanol–water partition coefficient (Wildman–Crippen LogP) is 2.14. The predicted molar refractivity (Wildman–Crippen MR) is 100 cm³/mol. The lowest BCUT2D eigenvalue weighted by Crippen LogP contribution is -2.43. The molecule has 6 nitrogen and oxygen atoms in total. The van der Waals surface area contributed by atoms with Gasteiger partial charge in [0.05, 0.1) is 6.10 Å². The molecule has 0 radical (unpaired) electrons. The quantitative estimate of drug-likeness (QED) is 0.452. The van der Waals surface area contributed by atoms with E-state index in [4.69, 9.17) is 4.74 Å². The van der Waals surface area contributed by atoms with Crippen molar-refractivity contribution in [3.63, 3.8) is 0 Å². The van der Waals surface area contributed by atoms with Crippen molar-refractivity contribution < 1.29 is 22.7 Å². The SMILES string of the molecule is CN(C)C(=O)CN=C(NCC1CCCCO1)N(C)Cc1cc(F)c(F)c(F)c1. The molecule has 156 valence electrons. The summed E-state index contributed by atoms with van der Waals surface area (Å²) in [5.41, 5.74) is 0.251. The highest BCUT2D eigenvalue weighted by Gasteiger charge is 2.17. The molecular weight excluding hydrogens is 373 g/mol. The number of ether oxygens (including phenoxy) is 1. The molecule has 1 heterocycles. The smallest absolute Gasteiger partial charge is 0.243 e. The molecule has 1 N–H and O–H groups in total. The summed E-state index contributed by atoms with van der Waals surface area (Å²) in [6.07, 6.45) is 3.09. The van der Waals surface area contributed by atoms with Crippen LogP contribution >= 0.6 is 0 Å². The van der Waals surface area contributed by atoms with E-state index in [2.05, 4.69) is 10.3 Å². The van der Waals surface area contributed by atoms with Crippen LogP contribution in [0.15, 0.2) is 17.1 Å². The molecule has 1 aromatic carbocycles. The highest BCUT2D eigenvalue weighted by molar-refractivity contribution is 5.84. The van der Waals surface area contributed by atoms with Gasteiger partial charge in [-0.25, -0.2) is 18.2 Å². The van der Waals surface area contributed by atoms with E-state index in [1.54, 1.807) is 26.0 Å². The van der Waals surface area contributed by atoms with Crippen LogP contribution in [0.2, 0.25) is 0 Å². The normalized spacial score (nSPS) is 17.4. The Morgan fingerprint density at radius 1 is 1.21 bits per heavy atom. The molecule has 0 bridgehead atoms. The summed E-state index contributed by atoms with van der Waals surface area (Å²) in [4.78, 5) is 19.2. The minimum absolute atomic E-state index is 0.0395. The fourth-order valence-electron chi connectivity index (χ4n) is 2.82. The molecule has 1 aliphatic rings. The highest BCUT2D eigenvalue weighted by atomic mass is 19.2. The minimum atomic E-state index is -1.50. The summed E-state index contributed by atoms with van der Waals surface area (Å²) >= 11 is 0. The fraction of sp³-hybridized carbons (Fsp3) is 0.579. The van der Waals surface area contributed by atoms with E-state index >= 15 is 0 Å². The van der Waals surface area contributed by atoms with E-state index in [1.165, 1.54) is 4.90 Å². The molecule has 9 heteroatoms. The number of hydrogen-bond acceptors (Lipinski definition) is 3. The van der Waals surface area contributed by atoms with Crippen LogP contribution in [0, 0.1) is 17.5 Å². The van der Waals surface area contributed by atoms with Gasteiger partial charge in [-0.1, -0.05) is 0 Å². The van der Waals surface area contributed by atoms with Gasteiger partial charge in [0.2, 0.25) is 5.91 Å². The highest BCUT2D eigenvalue weighted by Crippen LogP contribution is 2.15. The topological polar surface area (TPSA) is 57.2 Å². The lowest BCUT2D eigenvalue weighted by atomic mass is 10.1. The van der Waals surface area contributed by atoms with Crippen LogP contribution in [0.4, 0.5) is 13.2 Å². The largest absolute Gasteiger partial charge is 0.376 e. The van der Waals surface area contributed by atoms with Crippen molar-refractivity contribution in [3.05, 3.63) is 35.1 Å². The Morgan fingerprint density at radius 2 is 1.89 bits per heavy atom. The lowest BCUT2D eigenvalue weighted by Gasteiger charge is -2.27. The molecule has 0 saturated carbocycles. The zero-order chi connectivity index (χ0) is 20.7. The van der Waals surface area contributed by atoms with Crippen LogP contribution < -0.4 is 5.32 Å². The molecule has 1 aromatic rings. The summed E-state index contributed by atoms with van der Waals surface area (Å²) < 4.78 is 45.8. The van der Waals surface area contributed by atoms with Gasteiger partial charge in [0, 0.05) is 40.8 Å². The number of rotatable bonds is 6. The van der Waals surface area contributed by atoms with Gasteiger partial charge in [0.25, 0.3) is 0 Å². The number of likely N-dealkylation sites (N-methyl/N-ethyl adjacent to an activating group) is 1. The summed E-state index contributed by atoms with van der Waals surface area (Å²) in [5, 5.41) is 3.16. The standard InChI is InChI=1S/C19H27F3N4O2/c1-25(2)17(27)11-24-19(23-10-14-6-4-5-7-28-14)26(3)12-13-8-15(20)18(22)16(21)9-13/h8-9,14H,4-7,10-12H2,1-3H3,(H,23,24). The maximum Gasteiger partial charge on any atom is 0.243 e. The Morgan fingerprint density at radius 3 is 2.46 bits per heavy atom. The third kappa shape index (κ3) is 6.40. The van der Waals surface area contributed by atoms with Gasteiger partial charge in [-0.2, -0.15) is 0 Å². The second-order valence-electron chi connectivity index (χ2n) is 7.03. The molecule has 1 aliphatic heterocycles. The van der Waals surface area contributed by atoms with Crippen molar-refractivity contribution in [1.82, 2.24) is 15.1 Å². The van der Waals surface area contributed by atoms with Crippen molar-refractivity contribution in [1.29, 1.82) is 0 Å². The first-order valence-corrected chi connectivity index (χ1v) is 9.22. The Hall–Kier alpha value is -2.29. The van der Waals surface area contributed by atoms with E-state index in [-0.39, 0.29) is 30.7 Å².